The molecule has 0 saturated heterocycles. The Bertz CT molecular complexity index is 379. The van der Waals surface area contributed by atoms with Gasteiger partial charge < -0.3 is 20.1 Å². The Balaban J connectivity index is 2.22. The Morgan fingerprint density at radius 1 is 1.20 bits per heavy atom. The van der Waals surface area contributed by atoms with Crippen molar-refractivity contribution < 1.29 is 14.3 Å². The summed E-state index contributed by atoms with van der Waals surface area (Å²) in [5.41, 5.74) is 0.904. The Kier molecular flexibility index (Phi) is 8.22. The summed E-state index contributed by atoms with van der Waals surface area (Å²) in [4.78, 5) is 11.5. The molecular formula is C15H24N2O3. The first-order chi connectivity index (χ1) is 9.76. The summed E-state index contributed by atoms with van der Waals surface area (Å²) in [6, 6.07) is 7.61. The van der Waals surface area contributed by atoms with Gasteiger partial charge in [0.1, 0.15) is 5.75 Å². The van der Waals surface area contributed by atoms with Crippen molar-refractivity contribution in [1.82, 2.24) is 5.32 Å². The van der Waals surface area contributed by atoms with Crippen LogP contribution < -0.4 is 15.4 Å². The summed E-state index contributed by atoms with van der Waals surface area (Å²) in [7, 11) is 1.65. The molecule has 5 heteroatoms. The number of hydrogen-bond donors (Lipinski definition) is 2. The summed E-state index contributed by atoms with van der Waals surface area (Å²) in [5, 5.41) is 5.89. The van der Waals surface area contributed by atoms with Crippen LogP contribution in [-0.2, 0) is 9.53 Å². The highest BCUT2D eigenvalue weighted by Crippen LogP contribution is 2.15. The maximum Gasteiger partial charge on any atom is 0.239 e. The minimum absolute atomic E-state index is 0.0209. The molecule has 2 N–H and O–H groups in total. The third-order valence-corrected chi connectivity index (χ3v) is 2.63. The second-order valence-electron chi connectivity index (χ2n) is 4.42. The number of methoxy groups -OCH3 is 1. The summed E-state index contributed by atoms with van der Waals surface area (Å²) in [6.45, 7) is 4.35. The minimum atomic E-state index is -0.0209. The fourth-order valence-electron chi connectivity index (χ4n) is 1.58. The molecule has 0 bridgehead atoms. The van der Waals surface area contributed by atoms with Gasteiger partial charge in [-0.2, -0.15) is 0 Å². The van der Waals surface area contributed by atoms with Crippen LogP contribution in [-0.4, -0.2) is 39.3 Å². The normalized spacial score (nSPS) is 10.1. The van der Waals surface area contributed by atoms with E-state index in [4.69, 9.17) is 9.47 Å². The lowest BCUT2D eigenvalue weighted by Gasteiger charge is -2.09. The van der Waals surface area contributed by atoms with Gasteiger partial charge in [-0.3, -0.25) is 4.79 Å². The number of nitrogens with one attached hydrogen (secondary N) is 2. The highest BCUT2D eigenvalue weighted by molar-refractivity contribution is 5.80. The Morgan fingerprint density at radius 3 is 2.60 bits per heavy atom. The summed E-state index contributed by atoms with van der Waals surface area (Å²) < 4.78 is 10.4. The first-order valence-corrected chi connectivity index (χ1v) is 6.98. The fraction of sp³-hybridized carbons (Fsp3) is 0.533. The van der Waals surface area contributed by atoms with Crippen LogP contribution in [0.2, 0.25) is 0 Å². The number of carbonyl (C=O) groups is 1. The van der Waals surface area contributed by atoms with Gasteiger partial charge in [-0.25, -0.2) is 0 Å². The van der Waals surface area contributed by atoms with Crippen LogP contribution in [0.4, 0.5) is 5.69 Å². The van der Waals surface area contributed by atoms with Crippen LogP contribution >= 0.6 is 0 Å². The number of ether oxygens (including phenoxy) is 2. The highest BCUT2D eigenvalue weighted by Gasteiger charge is 2.00. The molecule has 1 rings (SSSR count). The van der Waals surface area contributed by atoms with E-state index < -0.39 is 0 Å². The lowest BCUT2D eigenvalue weighted by Crippen LogP contribution is -2.31. The monoisotopic (exact) mass is 280 g/mol. The fourth-order valence-corrected chi connectivity index (χ4v) is 1.58. The molecule has 0 aliphatic rings. The zero-order valence-electron chi connectivity index (χ0n) is 12.3. The smallest absolute Gasteiger partial charge is 0.239 e. The molecule has 0 aliphatic carbocycles. The second-order valence-corrected chi connectivity index (χ2v) is 4.42. The molecule has 0 aromatic heterocycles. The Hall–Kier alpha value is -1.75. The molecule has 112 valence electrons. The van der Waals surface area contributed by atoms with Crippen molar-refractivity contribution in [2.24, 2.45) is 0 Å². The zero-order valence-corrected chi connectivity index (χ0v) is 12.3. The molecule has 0 atom stereocenters. The Morgan fingerprint density at radius 2 is 1.95 bits per heavy atom. The minimum Gasteiger partial charge on any atom is -0.494 e. The standard InChI is InChI=1S/C15H24N2O3/c1-3-10-20-14-7-5-13(6-8-14)17-12-15(18)16-9-4-11-19-2/h5-8,17H,3-4,9-12H2,1-2H3,(H,16,18). The largest absolute Gasteiger partial charge is 0.494 e. The number of hydrogen-bond acceptors (Lipinski definition) is 4. The number of rotatable bonds is 10. The number of carbonyl (C=O) groups excluding carboxylic acids is 1. The van der Waals surface area contributed by atoms with Crippen LogP contribution in [0, 0.1) is 0 Å². The quantitative estimate of drug-likeness (QED) is 0.644. The summed E-state index contributed by atoms with van der Waals surface area (Å²) in [5.74, 6) is 0.828. The van der Waals surface area contributed by atoms with Gasteiger partial charge >= 0.3 is 0 Å². The van der Waals surface area contributed by atoms with Gasteiger partial charge in [0.25, 0.3) is 0 Å². The molecule has 1 aromatic rings. The van der Waals surface area contributed by atoms with E-state index in [0.717, 1.165) is 30.9 Å². The molecule has 1 amide bonds. The van der Waals surface area contributed by atoms with Crippen LogP contribution in [0.25, 0.3) is 0 Å². The number of amides is 1. The third kappa shape index (κ3) is 6.99. The van der Waals surface area contributed by atoms with Crippen molar-refractivity contribution in [3.63, 3.8) is 0 Å². The summed E-state index contributed by atoms with van der Waals surface area (Å²) in [6.07, 6.45) is 1.81. The molecule has 5 nitrogen and oxygen atoms in total. The van der Waals surface area contributed by atoms with Crippen LogP contribution in [0.5, 0.6) is 5.75 Å². The lowest BCUT2D eigenvalue weighted by molar-refractivity contribution is -0.119. The van der Waals surface area contributed by atoms with Gasteiger partial charge in [0, 0.05) is 25.9 Å². The van der Waals surface area contributed by atoms with E-state index in [1.165, 1.54) is 0 Å². The average Bonchev–Trinajstić information content (AvgIpc) is 2.48. The number of benzene rings is 1. The van der Waals surface area contributed by atoms with Crippen molar-refractivity contribution in [2.45, 2.75) is 19.8 Å². The molecule has 20 heavy (non-hydrogen) atoms. The highest BCUT2D eigenvalue weighted by atomic mass is 16.5. The molecular weight excluding hydrogens is 256 g/mol. The van der Waals surface area contributed by atoms with Crippen molar-refractivity contribution in [1.29, 1.82) is 0 Å². The molecule has 0 aliphatic heterocycles. The van der Waals surface area contributed by atoms with E-state index in [1.807, 2.05) is 24.3 Å². The van der Waals surface area contributed by atoms with E-state index in [2.05, 4.69) is 17.6 Å². The maximum atomic E-state index is 11.5. The molecule has 1 aromatic carbocycles. The van der Waals surface area contributed by atoms with Crippen LogP contribution in [0.1, 0.15) is 19.8 Å². The third-order valence-electron chi connectivity index (χ3n) is 2.63. The average molecular weight is 280 g/mol. The molecule has 0 saturated carbocycles. The molecule has 0 radical (unpaired) electrons. The van der Waals surface area contributed by atoms with Crippen molar-refractivity contribution in [3.8, 4) is 5.75 Å². The van der Waals surface area contributed by atoms with Gasteiger partial charge in [-0.15, -0.1) is 0 Å². The molecule has 0 unspecified atom stereocenters. The first kappa shape index (κ1) is 16.3. The van der Waals surface area contributed by atoms with Gasteiger partial charge in [0.2, 0.25) is 5.91 Å². The second kappa shape index (κ2) is 10.1. The van der Waals surface area contributed by atoms with Crippen LogP contribution in [0.3, 0.4) is 0 Å². The van der Waals surface area contributed by atoms with Gasteiger partial charge in [-0.05, 0) is 37.1 Å². The van der Waals surface area contributed by atoms with Crippen molar-refractivity contribution >= 4 is 11.6 Å². The van der Waals surface area contributed by atoms with E-state index >= 15 is 0 Å². The SMILES string of the molecule is CCCOc1ccc(NCC(=O)NCCCOC)cc1. The van der Waals surface area contributed by atoms with Crippen LogP contribution in [0.15, 0.2) is 24.3 Å². The van der Waals surface area contributed by atoms with E-state index in [-0.39, 0.29) is 12.5 Å². The molecule has 0 spiro atoms. The maximum absolute atomic E-state index is 11.5. The van der Waals surface area contributed by atoms with Gasteiger partial charge in [0.05, 0.1) is 13.2 Å². The predicted molar refractivity (Wildman–Crippen MR) is 80.2 cm³/mol. The first-order valence-electron chi connectivity index (χ1n) is 6.98. The Labute approximate surface area is 120 Å². The topological polar surface area (TPSA) is 59.6 Å². The van der Waals surface area contributed by atoms with Crippen molar-refractivity contribution in [3.05, 3.63) is 24.3 Å². The van der Waals surface area contributed by atoms with E-state index in [1.54, 1.807) is 7.11 Å². The predicted octanol–water partition coefficient (Wildman–Crippen LogP) is 2.04. The van der Waals surface area contributed by atoms with Gasteiger partial charge in [-0.1, -0.05) is 6.92 Å². The van der Waals surface area contributed by atoms with E-state index in [0.29, 0.717) is 13.2 Å². The van der Waals surface area contributed by atoms with Gasteiger partial charge in [0.15, 0.2) is 0 Å². The van der Waals surface area contributed by atoms with E-state index in [9.17, 15) is 4.79 Å². The molecule has 0 heterocycles. The summed E-state index contributed by atoms with van der Waals surface area (Å²) >= 11 is 0. The number of anilines is 1. The molecule has 0 fully saturated rings. The zero-order chi connectivity index (χ0) is 14.6. The van der Waals surface area contributed by atoms with Crippen molar-refractivity contribution in [2.75, 3.05) is 38.7 Å². The lowest BCUT2D eigenvalue weighted by atomic mass is 10.3.